The molecule has 0 fully saturated rings. The van der Waals surface area contributed by atoms with Crippen molar-refractivity contribution in [2.24, 2.45) is 0 Å². The Morgan fingerprint density at radius 3 is 1.32 bits per heavy atom. The smallest absolute Gasteiger partial charge is 0.394 e. The molecule has 5 aromatic carbocycles. The summed E-state index contributed by atoms with van der Waals surface area (Å²) >= 11 is 0. The molecule has 0 heterocycles. The first-order chi connectivity index (χ1) is 25.2. The van der Waals surface area contributed by atoms with E-state index in [-0.39, 0.29) is 18.1 Å². The molecule has 0 unspecified atom stereocenters. The zero-order valence-electron chi connectivity index (χ0n) is 29.4. The van der Waals surface area contributed by atoms with Crippen LogP contribution in [0.4, 0.5) is 5.69 Å². The zero-order valence-corrected chi connectivity index (χ0v) is 30.2. The summed E-state index contributed by atoms with van der Waals surface area (Å²) in [5.41, 5.74) is 2.92. The highest BCUT2D eigenvalue weighted by molar-refractivity contribution is 7.79. The van der Waals surface area contributed by atoms with E-state index in [4.69, 9.17) is 36.5 Å². The van der Waals surface area contributed by atoms with E-state index in [0.29, 0.717) is 48.1 Å². The van der Waals surface area contributed by atoms with Gasteiger partial charge in [-0.3, -0.25) is 9.11 Å². The van der Waals surface area contributed by atoms with Gasteiger partial charge in [0.2, 0.25) is 0 Å². The molecule has 0 aliphatic carbocycles. The number of hydrogen-bond acceptors (Lipinski definition) is 10. The third kappa shape index (κ3) is 13.7. The Morgan fingerprint density at radius 2 is 0.981 bits per heavy atom. The van der Waals surface area contributed by atoms with Gasteiger partial charge < -0.3 is 29.0 Å². The third-order valence-electron chi connectivity index (χ3n) is 7.41. The largest absolute Gasteiger partial charge is 0.489 e. The van der Waals surface area contributed by atoms with Crippen LogP contribution < -0.4 is 23.8 Å². The van der Waals surface area contributed by atoms with Crippen molar-refractivity contribution in [3.05, 3.63) is 150 Å². The zero-order chi connectivity index (χ0) is 38.4. The highest BCUT2D eigenvalue weighted by Crippen LogP contribution is 2.33. The van der Waals surface area contributed by atoms with Gasteiger partial charge in [-0.05, 0) is 80.4 Å². The first-order valence-corrected chi connectivity index (χ1v) is 17.8. The highest BCUT2D eigenvalue weighted by Gasteiger charge is 2.24. The van der Waals surface area contributed by atoms with E-state index in [1.54, 1.807) is 60.7 Å². The van der Waals surface area contributed by atoms with Crippen LogP contribution in [0.25, 0.3) is 0 Å². The van der Waals surface area contributed by atoms with Crippen molar-refractivity contribution < 1.29 is 51.2 Å². The van der Waals surface area contributed by atoms with Gasteiger partial charge in [0.25, 0.3) is 0 Å². The van der Waals surface area contributed by atoms with Gasteiger partial charge in [0.05, 0.1) is 17.7 Å². The number of anilines is 1. The molecular weight excluding hydrogens is 703 g/mol. The average Bonchev–Trinajstić information content (AvgIpc) is 3.12. The van der Waals surface area contributed by atoms with E-state index in [0.717, 1.165) is 11.1 Å². The number of esters is 2. The van der Waals surface area contributed by atoms with Crippen molar-refractivity contribution >= 4 is 28.0 Å². The van der Waals surface area contributed by atoms with Crippen molar-refractivity contribution in [3.8, 4) is 23.0 Å². The molecule has 0 radical (unpaired) electrons. The lowest BCUT2D eigenvalue weighted by molar-refractivity contribution is 0.0732. The predicted octanol–water partition coefficient (Wildman–Crippen LogP) is 7.23. The third-order valence-corrected chi connectivity index (χ3v) is 7.41. The van der Waals surface area contributed by atoms with Crippen molar-refractivity contribution in [1.82, 2.24) is 0 Å². The fraction of sp³-hybridized carbons (Fsp3) is 0.200. The number of ether oxygens (including phenoxy) is 4. The maximum absolute atomic E-state index is 13.2. The van der Waals surface area contributed by atoms with Crippen LogP contribution in [0.1, 0.15) is 52.6 Å². The normalized spacial score (nSPS) is 11.1. The SMILES string of the molecule is CC(C)(C)N(CCO)c1cc(OC(=O)c2ccc(OCc3ccccc3)cc2)cc(OC(=O)c2ccc(OCc3ccccc3)cc2)c1.O=S(=O)(O)O. The van der Waals surface area contributed by atoms with Crippen LogP contribution in [0, 0.1) is 0 Å². The number of rotatable bonds is 13. The molecule has 53 heavy (non-hydrogen) atoms. The van der Waals surface area contributed by atoms with E-state index < -0.39 is 27.9 Å². The fourth-order valence-electron chi connectivity index (χ4n) is 4.97. The summed E-state index contributed by atoms with van der Waals surface area (Å²) in [5, 5.41) is 9.81. The molecule has 13 heteroatoms. The molecule has 278 valence electrons. The Hall–Kier alpha value is -5.73. The van der Waals surface area contributed by atoms with Gasteiger partial charge >= 0.3 is 22.3 Å². The van der Waals surface area contributed by atoms with Gasteiger partial charge in [-0.2, -0.15) is 8.42 Å². The van der Waals surface area contributed by atoms with Crippen molar-refractivity contribution in [1.29, 1.82) is 0 Å². The average molecular weight is 744 g/mol. The summed E-state index contributed by atoms with van der Waals surface area (Å²) in [4.78, 5) is 28.3. The molecule has 0 aliphatic rings. The van der Waals surface area contributed by atoms with Crippen LogP contribution in [-0.4, -0.2) is 53.3 Å². The molecule has 0 spiro atoms. The second-order valence-electron chi connectivity index (χ2n) is 12.5. The Bertz CT molecular complexity index is 1900. The van der Waals surface area contributed by atoms with E-state index >= 15 is 0 Å². The van der Waals surface area contributed by atoms with Crippen LogP contribution in [0.3, 0.4) is 0 Å². The van der Waals surface area contributed by atoms with E-state index in [9.17, 15) is 14.7 Å². The lowest BCUT2D eigenvalue weighted by Crippen LogP contribution is -2.43. The monoisotopic (exact) mass is 743 g/mol. The lowest BCUT2D eigenvalue weighted by Gasteiger charge is -2.37. The Balaban J connectivity index is 0.00000117. The Labute approximate surface area is 308 Å². The molecule has 0 amide bonds. The van der Waals surface area contributed by atoms with E-state index in [2.05, 4.69) is 0 Å². The molecule has 3 N–H and O–H groups in total. The second kappa shape index (κ2) is 18.7. The van der Waals surface area contributed by atoms with Crippen LogP contribution in [0.5, 0.6) is 23.0 Å². The molecule has 12 nitrogen and oxygen atoms in total. The predicted molar refractivity (Wildman–Crippen MR) is 199 cm³/mol. The number of aliphatic hydroxyl groups excluding tert-OH is 1. The van der Waals surface area contributed by atoms with Crippen molar-refractivity contribution in [3.63, 3.8) is 0 Å². The van der Waals surface area contributed by atoms with Gasteiger partial charge in [0.1, 0.15) is 36.2 Å². The lowest BCUT2D eigenvalue weighted by atomic mass is 10.0. The minimum atomic E-state index is -4.67. The Kier molecular flexibility index (Phi) is 14.1. The molecule has 0 saturated carbocycles. The van der Waals surface area contributed by atoms with E-state index in [1.807, 2.05) is 86.3 Å². The van der Waals surface area contributed by atoms with Gasteiger partial charge in [0, 0.05) is 36.0 Å². The maximum atomic E-state index is 13.2. The summed E-state index contributed by atoms with van der Waals surface area (Å²) in [6.07, 6.45) is 0. The number of aliphatic hydroxyl groups is 1. The molecule has 0 aliphatic heterocycles. The molecule has 5 aromatic rings. The van der Waals surface area contributed by atoms with Crippen molar-refractivity contribution in [2.75, 3.05) is 18.1 Å². The topological polar surface area (TPSA) is 169 Å². The van der Waals surface area contributed by atoms with Gasteiger partial charge in [-0.1, -0.05) is 60.7 Å². The maximum Gasteiger partial charge on any atom is 0.394 e. The first-order valence-electron chi connectivity index (χ1n) is 16.4. The molecule has 0 aromatic heterocycles. The van der Waals surface area contributed by atoms with Gasteiger partial charge in [-0.15, -0.1) is 0 Å². The summed E-state index contributed by atoms with van der Waals surface area (Å²) in [6.45, 7) is 7.00. The number of nitrogens with zero attached hydrogens (tertiary/aromatic N) is 1. The minimum Gasteiger partial charge on any atom is -0.489 e. The molecule has 5 rings (SSSR count). The molecule has 0 atom stereocenters. The fourth-order valence-corrected chi connectivity index (χ4v) is 4.97. The highest BCUT2D eigenvalue weighted by atomic mass is 32.3. The Morgan fingerprint density at radius 1 is 0.604 bits per heavy atom. The summed E-state index contributed by atoms with van der Waals surface area (Å²) in [7, 11) is -4.67. The number of carbonyl (C=O) groups excluding carboxylic acids is 2. The summed E-state index contributed by atoms with van der Waals surface area (Å²) in [6, 6.07) is 37.8. The minimum absolute atomic E-state index is 0.103. The van der Waals surface area contributed by atoms with Gasteiger partial charge in [0.15, 0.2) is 0 Å². The quantitative estimate of drug-likeness (QED) is 0.0630. The molecular formula is C40H41NO11S. The van der Waals surface area contributed by atoms with Crippen molar-refractivity contribution in [2.45, 2.75) is 39.5 Å². The van der Waals surface area contributed by atoms with Crippen LogP contribution in [0.2, 0.25) is 0 Å². The van der Waals surface area contributed by atoms with Crippen LogP contribution >= 0.6 is 0 Å². The first kappa shape index (κ1) is 40.0. The van der Waals surface area contributed by atoms with Crippen LogP contribution in [0.15, 0.2) is 127 Å². The molecule has 0 bridgehead atoms. The van der Waals surface area contributed by atoms with Gasteiger partial charge in [-0.25, -0.2) is 9.59 Å². The standard InChI is InChI=1S/C40H39NO7.H2O4S/c1-40(2,3)41(22-23-42)33-24-36(47-38(43)31-14-18-34(19-15-31)45-27-29-10-6-4-7-11-29)26-37(25-33)48-39(44)32-16-20-35(21-17-32)46-28-30-12-8-5-9-13-30;1-5(2,3)4/h4-21,24-26,42H,22-23,27-28H2,1-3H3;(H2,1,2,3,4). The summed E-state index contributed by atoms with van der Waals surface area (Å²) < 4.78 is 54.8. The van der Waals surface area contributed by atoms with Crippen LogP contribution in [-0.2, 0) is 23.6 Å². The number of carbonyl (C=O) groups is 2. The number of β-amino-alcohol motifs (C(OH)–C–C–N with tert-alkyl or cyclic N) is 1. The molecule has 0 saturated heterocycles. The number of hydrogen-bond donors (Lipinski definition) is 3. The summed E-state index contributed by atoms with van der Waals surface area (Å²) in [5.74, 6) is 0.423. The number of benzene rings is 5. The second-order valence-corrected chi connectivity index (χ2v) is 13.4. The van der Waals surface area contributed by atoms with E-state index in [1.165, 1.54) is 6.07 Å².